The van der Waals surface area contributed by atoms with Crippen LogP contribution in [-0.2, 0) is 14.8 Å². The summed E-state index contributed by atoms with van der Waals surface area (Å²) in [4.78, 5) is 13.0. The molecule has 112 valence electrons. The van der Waals surface area contributed by atoms with Crippen molar-refractivity contribution in [3.63, 3.8) is 0 Å². The van der Waals surface area contributed by atoms with Gasteiger partial charge in [0.2, 0.25) is 15.9 Å². The lowest BCUT2D eigenvalue weighted by Crippen LogP contribution is -2.37. The number of hydrogen-bond acceptors (Lipinski definition) is 3. The number of nitrogens with zero attached hydrogens (tertiary/aromatic N) is 1. The topological polar surface area (TPSA) is 66.5 Å². The quantitative estimate of drug-likeness (QED) is 0.834. The molecule has 0 unspecified atom stereocenters. The van der Waals surface area contributed by atoms with Gasteiger partial charge >= 0.3 is 0 Å². The molecule has 1 aromatic rings. The van der Waals surface area contributed by atoms with E-state index in [0.717, 1.165) is 6.42 Å². The first-order valence-corrected chi connectivity index (χ1v) is 8.24. The Balaban J connectivity index is 2.65. The van der Waals surface area contributed by atoms with E-state index in [-0.39, 0.29) is 22.4 Å². The molecule has 20 heavy (non-hydrogen) atoms. The van der Waals surface area contributed by atoms with Crippen molar-refractivity contribution in [3.05, 3.63) is 29.3 Å². The highest BCUT2D eigenvalue weighted by Gasteiger charge is 2.17. The molecule has 1 rings (SSSR count). The van der Waals surface area contributed by atoms with Crippen LogP contribution in [0, 0.1) is 0 Å². The van der Waals surface area contributed by atoms with Gasteiger partial charge in [-0.1, -0.05) is 30.7 Å². The Morgan fingerprint density at radius 3 is 2.50 bits per heavy atom. The number of amides is 1. The SMILES string of the molecule is CCCN(CCNS(=O)(=O)c1ccccc1Cl)C(C)=O. The first kappa shape index (κ1) is 16.9. The molecule has 0 fully saturated rings. The molecule has 0 aromatic heterocycles. The van der Waals surface area contributed by atoms with E-state index in [2.05, 4.69) is 4.72 Å². The van der Waals surface area contributed by atoms with E-state index in [9.17, 15) is 13.2 Å². The average Bonchev–Trinajstić information content (AvgIpc) is 2.37. The fourth-order valence-electron chi connectivity index (χ4n) is 1.75. The Hall–Kier alpha value is -1.11. The van der Waals surface area contributed by atoms with Gasteiger partial charge in [0.1, 0.15) is 4.90 Å². The smallest absolute Gasteiger partial charge is 0.242 e. The Kier molecular flexibility index (Phi) is 6.45. The molecule has 1 aromatic carbocycles. The van der Waals surface area contributed by atoms with Crippen LogP contribution in [0.1, 0.15) is 20.3 Å². The fourth-order valence-corrected chi connectivity index (χ4v) is 3.29. The fraction of sp³-hybridized carbons (Fsp3) is 0.462. The largest absolute Gasteiger partial charge is 0.342 e. The molecule has 0 aliphatic rings. The number of nitrogens with one attached hydrogen (secondary N) is 1. The molecule has 0 bridgehead atoms. The van der Waals surface area contributed by atoms with Gasteiger partial charge < -0.3 is 4.90 Å². The van der Waals surface area contributed by atoms with Gasteiger partial charge in [-0.15, -0.1) is 0 Å². The highest BCUT2D eigenvalue weighted by atomic mass is 35.5. The average molecular weight is 319 g/mol. The van der Waals surface area contributed by atoms with Crippen molar-refractivity contribution in [2.45, 2.75) is 25.2 Å². The van der Waals surface area contributed by atoms with E-state index >= 15 is 0 Å². The summed E-state index contributed by atoms with van der Waals surface area (Å²) in [5, 5.41) is 0.178. The van der Waals surface area contributed by atoms with Gasteiger partial charge in [-0.3, -0.25) is 4.79 Å². The van der Waals surface area contributed by atoms with Gasteiger partial charge in [0.25, 0.3) is 0 Å². The van der Waals surface area contributed by atoms with Crippen LogP contribution in [0.25, 0.3) is 0 Å². The third-order valence-electron chi connectivity index (χ3n) is 2.74. The van der Waals surface area contributed by atoms with Crippen LogP contribution in [-0.4, -0.2) is 38.9 Å². The van der Waals surface area contributed by atoms with E-state index in [4.69, 9.17) is 11.6 Å². The lowest BCUT2D eigenvalue weighted by molar-refractivity contribution is -0.128. The standard InChI is InChI=1S/C13H19ClN2O3S/c1-3-9-16(11(2)17)10-8-15-20(18,19)13-7-5-4-6-12(13)14/h4-7,15H,3,8-10H2,1-2H3. The maximum Gasteiger partial charge on any atom is 0.242 e. The number of halogens is 1. The zero-order valence-corrected chi connectivity index (χ0v) is 13.2. The van der Waals surface area contributed by atoms with Crippen LogP contribution >= 0.6 is 11.6 Å². The molecule has 1 amide bonds. The minimum Gasteiger partial charge on any atom is -0.342 e. The zero-order valence-electron chi connectivity index (χ0n) is 11.6. The highest BCUT2D eigenvalue weighted by Crippen LogP contribution is 2.19. The lowest BCUT2D eigenvalue weighted by atomic mass is 10.4. The number of sulfonamides is 1. The van der Waals surface area contributed by atoms with Crippen molar-refractivity contribution < 1.29 is 13.2 Å². The second kappa shape index (κ2) is 7.61. The molecule has 0 spiro atoms. The number of carbonyl (C=O) groups is 1. The van der Waals surface area contributed by atoms with E-state index in [0.29, 0.717) is 13.1 Å². The molecule has 0 heterocycles. The van der Waals surface area contributed by atoms with Crippen molar-refractivity contribution in [1.82, 2.24) is 9.62 Å². The third-order valence-corrected chi connectivity index (χ3v) is 4.70. The van der Waals surface area contributed by atoms with Crippen molar-refractivity contribution in [1.29, 1.82) is 0 Å². The van der Waals surface area contributed by atoms with Gasteiger partial charge in [-0.05, 0) is 18.6 Å². The summed E-state index contributed by atoms with van der Waals surface area (Å²) in [6.45, 7) is 4.55. The highest BCUT2D eigenvalue weighted by molar-refractivity contribution is 7.89. The van der Waals surface area contributed by atoms with Crippen molar-refractivity contribution >= 4 is 27.5 Å². The maximum absolute atomic E-state index is 12.1. The van der Waals surface area contributed by atoms with Gasteiger partial charge in [0.15, 0.2) is 0 Å². The van der Waals surface area contributed by atoms with Crippen molar-refractivity contribution in [2.75, 3.05) is 19.6 Å². The molecule has 0 radical (unpaired) electrons. The Morgan fingerprint density at radius 1 is 1.30 bits per heavy atom. The summed E-state index contributed by atoms with van der Waals surface area (Å²) in [5.74, 6) is -0.0659. The van der Waals surface area contributed by atoms with Crippen LogP contribution in [0.15, 0.2) is 29.2 Å². The van der Waals surface area contributed by atoms with Crippen molar-refractivity contribution in [3.8, 4) is 0 Å². The molecule has 7 heteroatoms. The zero-order chi connectivity index (χ0) is 15.2. The molecule has 0 saturated heterocycles. The Bertz CT molecular complexity index is 560. The van der Waals surface area contributed by atoms with E-state index in [1.54, 1.807) is 17.0 Å². The lowest BCUT2D eigenvalue weighted by Gasteiger charge is -2.20. The summed E-state index contributed by atoms with van der Waals surface area (Å²) in [6, 6.07) is 6.24. The second-order valence-electron chi connectivity index (χ2n) is 4.33. The van der Waals surface area contributed by atoms with Crippen LogP contribution in [0.5, 0.6) is 0 Å². The summed E-state index contributed by atoms with van der Waals surface area (Å²) in [7, 11) is -3.65. The predicted octanol–water partition coefficient (Wildman–Crippen LogP) is 1.88. The number of hydrogen-bond donors (Lipinski definition) is 1. The molecular weight excluding hydrogens is 300 g/mol. The molecule has 0 saturated carbocycles. The van der Waals surface area contributed by atoms with E-state index in [1.807, 2.05) is 6.92 Å². The number of carbonyl (C=O) groups excluding carboxylic acids is 1. The predicted molar refractivity (Wildman–Crippen MR) is 79.2 cm³/mol. The van der Waals surface area contributed by atoms with Crippen LogP contribution < -0.4 is 4.72 Å². The monoisotopic (exact) mass is 318 g/mol. The number of benzene rings is 1. The Labute approximate surface area is 125 Å². The first-order chi connectivity index (χ1) is 9.38. The van der Waals surface area contributed by atoms with Gasteiger partial charge in [0, 0.05) is 26.6 Å². The maximum atomic E-state index is 12.1. The molecule has 0 aliphatic heterocycles. The molecule has 0 atom stereocenters. The Morgan fingerprint density at radius 2 is 1.95 bits per heavy atom. The third kappa shape index (κ3) is 4.77. The van der Waals surface area contributed by atoms with Gasteiger partial charge in [0.05, 0.1) is 5.02 Å². The summed E-state index contributed by atoms with van der Waals surface area (Å²) in [5.41, 5.74) is 0. The van der Waals surface area contributed by atoms with Crippen LogP contribution in [0.3, 0.4) is 0 Å². The summed E-state index contributed by atoms with van der Waals surface area (Å²) >= 11 is 5.87. The van der Waals surface area contributed by atoms with Crippen LogP contribution in [0.4, 0.5) is 0 Å². The second-order valence-corrected chi connectivity index (χ2v) is 6.48. The molecular formula is C13H19ClN2O3S. The number of rotatable bonds is 7. The van der Waals surface area contributed by atoms with E-state index in [1.165, 1.54) is 19.1 Å². The summed E-state index contributed by atoms with van der Waals surface area (Å²) < 4.78 is 26.6. The molecule has 0 aliphatic carbocycles. The normalized spacial score (nSPS) is 11.3. The van der Waals surface area contributed by atoms with Crippen molar-refractivity contribution in [2.24, 2.45) is 0 Å². The first-order valence-electron chi connectivity index (χ1n) is 6.38. The minimum atomic E-state index is -3.65. The minimum absolute atomic E-state index is 0.0477. The van der Waals surface area contributed by atoms with E-state index < -0.39 is 10.0 Å². The molecule has 5 nitrogen and oxygen atoms in total. The van der Waals surface area contributed by atoms with Gasteiger partial charge in [-0.2, -0.15) is 0 Å². The van der Waals surface area contributed by atoms with Gasteiger partial charge in [-0.25, -0.2) is 13.1 Å². The van der Waals surface area contributed by atoms with Crippen LogP contribution in [0.2, 0.25) is 5.02 Å². The molecule has 1 N–H and O–H groups in total. The summed E-state index contributed by atoms with van der Waals surface area (Å²) in [6.07, 6.45) is 0.830.